The number of hydrogen-bond donors (Lipinski definition) is 1. The molecule has 0 spiro atoms. The van der Waals surface area contributed by atoms with E-state index in [1.807, 2.05) is 37.4 Å². The quantitative estimate of drug-likeness (QED) is 0.807. The lowest BCUT2D eigenvalue weighted by atomic mass is 10.0. The number of carbonyl (C=O) groups is 1. The first-order valence-corrected chi connectivity index (χ1v) is 8.47. The van der Waals surface area contributed by atoms with Gasteiger partial charge in [-0.2, -0.15) is 0 Å². The summed E-state index contributed by atoms with van der Waals surface area (Å²) in [6.07, 6.45) is 3.42. The van der Waals surface area contributed by atoms with E-state index < -0.39 is 0 Å². The Morgan fingerprint density at radius 1 is 1.29 bits per heavy atom. The fourth-order valence-electron chi connectivity index (χ4n) is 2.37. The molecule has 1 atom stereocenters. The Morgan fingerprint density at radius 2 is 2.00 bits per heavy atom. The first kappa shape index (κ1) is 18.2. The van der Waals surface area contributed by atoms with Crippen LogP contribution in [0.1, 0.15) is 32.6 Å². The lowest BCUT2D eigenvalue weighted by Crippen LogP contribution is -2.34. The zero-order valence-electron chi connectivity index (χ0n) is 14.7. The summed E-state index contributed by atoms with van der Waals surface area (Å²) in [5.74, 6) is 1.84. The Balaban J connectivity index is 1.80. The molecule has 0 saturated carbocycles. The van der Waals surface area contributed by atoms with Crippen LogP contribution in [0, 0.1) is 5.92 Å². The van der Waals surface area contributed by atoms with Crippen molar-refractivity contribution in [1.82, 2.24) is 9.88 Å². The summed E-state index contributed by atoms with van der Waals surface area (Å²) in [7, 11) is 1.82. The van der Waals surface area contributed by atoms with E-state index in [1.165, 1.54) is 0 Å². The van der Waals surface area contributed by atoms with Gasteiger partial charge in [-0.05, 0) is 12.3 Å². The van der Waals surface area contributed by atoms with Crippen molar-refractivity contribution in [2.24, 2.45) is 11.7 Å². The van der Waals surface area contributed by atoms with Gasteiger partial charge in [0, 0.05) is 38.0 Å². The normalized spacial score (nSPS) is 12.4. The molecule has 1 aromatic heterocycles. The molecule has 0 aliphatic carbocycles. The van der Waals surface area contributed by atoms with Crippen LogP contribution in [0.5, 0.6) is 0 Å². The average molecular weight is 329 g/mol. The van der Waals surface area contributed by atoms with E-state index in [0.717, 1.165) is 17.7 Å². The summed E-state index contributed by atoms with van der Waals surface area (Å²) < 4.78 is 5.73. The summed E-state index contributed by atoms with van der Waals surface area (Å²) in [4.78, 5) is 18.2. The summed E-state index contributed by atoms with van der Waals surface area (Å²) in [6, 6.07) is 9.94. The van der Waals surface area contributed by atoms with Crippen LogP contribution in [0.15, 0.2) is 40.9 Å². The smallest absolute Gasteiger partial charge is 0.222 e. The van der Waals surface area contributed by atoms with Crippen LogP contribution in [-0.2, 0) is 11.2 Å². The predicted octanol–water partition coefficient (Wildman–Crippen LogP) is 3.11. The molecule has 5 heteroatoms. The van der Waals surface area contributed by atoms with Gasteiger partial charge in [0.25, 0.3) is 0 Å². The van der Waals surface area contributed by atoms with E-state index in [2.05, 4.69) is 18.8 Å². The van der Waals surface area contributed by atoms with Crippen LogP contribution in [-0.4, -0.2) is 35.4 Å². The lowest BCUT2D eigenvalue weighted by molar-refractivity contribution is -0.130. The number of aryl methyl sites for hydroxylation is 1. The second-order valence-electron chi connectivity index (χ2n) is 6.50. The first-order chi connectivity index (χ1) is 11.5. The number of nitrogens with two attached hydrogens (primary N) is 1. The number of rotatable bonds is 8. The number of oxazole rings is 1. The van der Waals surface area contributed by atoms with Crippen molar-refractivity contribution in [2.45, 2.75) is 39.2 Å². The maximum Gasteiger partial charge on any atom is 0.222 e. The zero-order chi connectivity index (χ0) is 17.5. The minimum absolute atomic E-state index is 0.0883. The minimum Gasteiger partial charge on any atom is -0.441 e. The van der Waals surface area contributed by atoms with Gasteiger partial charge < -0.3 is 15.1 Å². The van der Waals surface area contributed by atoms with Crippen molar-refractivity contribution < 1.29 is 9.21 Å². The molecular weight excluding hydrogens is 302 g/mol. The fraction of sp³-hybridized carbons (Fsp3) is 0.474. The van der Waals surface area contributed by atoms with Crippen LogP contribution in [0.2, 0.25) is 0 Å². The summed E-state index contributed by atoms with van der Waals surface area (Å²) in [6.45, 7) is 4.87. The average Bonchev–Trinajstić information content (AvgIpc) is 3.06. The number of nitrogens with zero attached hydrogens (tertiary/aromatic N) is 2. The van der Waals surface area contributed by atoms with Crippen molar-refractivity contribution in [3.05, 3.63) is 42.4 Å². The van der Waals surface area contributed by atoms with Crippen LogP contribution >= 0.6 is 0 Å². The maximum absolute atomic E-state index is 12.2. The van der Waals surface area contributed by atoms with Crippen LogP contribution in [0.4, 0.5) is 0 Å². The Kier molecular flexibility index (Phi) is 6.55. The molecule has 1 unspecified atom stereocenters. The molecule has 0 aliphatic heterocycles. The highest BCUT2D eigenvalue weighted by atomic mass is 16.4. The third-order valence-corrected chi connectivity index (χ3v) is 4.24. The van der Waals surface area contributed by atoms with Gasteiger partial charge in [-0.1, -0.05) is 44.2 Å². The zero-order valence-corrected chi connectivity index (χ0v) is 14.7. The van der Waals surface area contributed by atoms with E-state index >= 15 is 0 Å². The third-order valence-electron chi connectivity index (χ3n) is 4.24. The van der Waals surface area contributed by atoms with Crippen LogP contribution < -0.4 is 5.73 Å². The predicted molar refractivity (Wildman–Crippen MR) is 95.3 cm³/mol. The van der Waals surface area contributed by atoms with Crippen molar-refractivity contribution in [1.29, 1.82) is 0 Å². The molecule has 24 heavy (non-hydrogen) atoms. The largest absolute Gasteiger partial charge is 0.441 e. The highest BCUT2D eigenvalue weighted by Crippen LogP contribution is 2.20. The van der Waals surface area contributed by atoms with E-state index in [1.54, 1.807) is 11.1 Å². The van der Waals surface area contributed by atoms with Crippen molar-refractivity contribution in [2.75, 3.05) is 13.6 Å². The third kappa shape index (κ3) is 5.20. The van der Waals surface area contributed by atoms with Gasteiger partial charge in [0.1, 0.15) is 0 Å². The van der Waals surface area contributed by atoms with E-state index in [-0.39, 0.29) is 11.9 Å². The maximum atomic E-state index is 12.2. The van der Waals surface area contributed by atoms with E-state index in [4.69, 9.17) is 10.2 Å². The van der Waals surface area contributed by atoms with Gasteiger partial charge in [0.15, 0.2) is 11.7 Å². The van der Waals surface area contributed by atoms with Gasteiger partial charge in [0.05, 0.1) is 6.20 Å². The first-order valence-electron chi connectivity index (χ1n) is 8.47. The molecule has 1 heterocycles. The van der Waals surface area contributed by atoms with Gasteiger partial charge in [-0.3, -0.25) is 4.79 Å². The molecule has 0 radical (unpaired) electrons. The highest BCUT2D eigenvalue weighted by molar-refractivity contribution is 5.76. The molecule has 2 aromatic rings. The molecular formula is C19H27N3O2. The molecule has 130 valence electrons. The number of hydrogen-bond acceptors (Lipinski definition) is 4. The number of aromatic nitrogens is 1. The standard InChI is InChI=1S/C19H27N3O2/c1-14(2)16(20)11-12-22(3)19(23)10-9-18-21-13-17(24-18)15-7-5-4-6-8-15/h4-8,13-14,16H,9-12,20H2,1-3H3. The Bertz CT molecular complexity index is 637. The van der Waals surface area contributed by atoms with E-state index in [0.29, 0.717) is 31.2 Å². The molecule has 1 aromatic carbocycles. The van der Waals surface area contributed by atoms with Gasteiger partial charge >= 0.3 is 0 Å². The Hall–Kier alpha value is -2.14. The summed E-state index contributed by atoms with van der Waals surface area (Å²) in [5, 5.41) is 0. The fourth-order valence-corrected chi connectivity index (χ4v) is 2.37. The molecule has 0 saturated heterocycles. The Labute approximate surface area is 143 Å². The SMILES string of the molecule is CC(C)C(N)CCN(C)C(=O)CCc1ncc(-c2ccccc2)o1. The molecule has 2 rings (SSSR count). The number of benzene rings is 1. The second kappa shape index (κ2) is 8.64. The van der Waals surface area contributed by atoms with Crippen molar-refractivity contribution in [3.63, 3.8) is 0 Å². The van der Waals surface area contributed by atoms with Crippen molar-refractivity contribution >= 4 is 5.91 Å². The monoisotopic (exact) mass is 329 g/mol. The highest BCUT2D eigenvalue weighted by Gasteiger charge is 2.14. The molecule has 2 N–H and O–H groups in total. The molecule has 0 fully saturated rings. The molecule has 1 amide bonds. The van der Waals surface area contributed by atoms with Crippen molar-refractivity contribution in [3.8, 4) is 11.3 Å². The number of amides is 1. The molecule has 0 bridgehead atoms. The van der Waals surface area contributed by atoms with Gasteiger partial charge in [0.2, 0.25) is 5.91 Å². The minimum atomic E-state index is 0.0883. The second-order valence-corrected chi connectivity index (χ2v) is 6.50. The van der Waals surface area contributed by atoms with Gasteiger partial charge in [-0.15, -0.1) is 0 Å². The summed E-state index contributed by atoms with van der Waals surface area (Å²) in [5.41, 5.74) is 7.01. The van der Waals surface area contributed by atoms with Gasteiger partial charge in [-0.25, -0.2) is 4.98 Å². The summed E-state index contributed by atoms with van der Waals surface area (Å²) >= 11 is 0. The molecule has 5 nitrogen and oxygen atoms in total. The van der Waals surface area contributed by atoms with Crippen LogP contribution in [0.25, 0.3) is 11.3 Å². The Morgan fingerprint density at radius 3 is 2.67 bits per heavy atom. The van der Waals surface area contributed by atoms with E-state index in [9.17, 15) is 4.79 Å². The lowest BCUT2D eigenvalue weighted by Gasteiger charge is -2.21. The van der Waals surface area contributed by atoms with Crippen LogP contribution in [0.3, 0.4) is 0 Å². The topological polar surface area (TPSA) is 72.4 Å². The molecule has 0 aliphatic rings. The number of carbonyl (C=O) groups excluding carboxylic acids is 1.